The van der Waals surface area contributed by atoms with Gasteiger partial charge in [0.1, 0.15) is 5.58 Å². The maximum Gasteiger partial charge on any atom is 0.227 e. The zero-order valence-electron chi connectivity index (χ0n) is 14.2. The van der Waals surface area contributed by atoms with Crippen LogP contribution in [0.25, 0.3) is 11.0 Å². The number of aryl methyl sites for hydroxylation is 2. The molecule has 1 saturated heterocycles. The molecule has 130 valence electrons. The van der Waals surface area contributed by atoms with Crippen molar-refractivity contribution in [2.45, 2.75) is 39.2 Å². The summed E-state index contributed by atoms with van der Waals surface area (Å²) in [5.74, 6) is 1.32. The topological polar surface area (TPSA) is 59.5 Å². The first kappa shape index (κ1) is 17.3. The third kappa shape index (κ3) is 2.72. The van der Waals surface area contributed by atoms with Crippen LogP contribution in [-0.4, -0.2) is 29.9 Å². The molecule has 2 N–H and O–H groups in total. The second-order valence-corrected chi connectivity index (χ2v) is 7.29. The van der Waals surface area contributed by atoms with E-state index in [0.717, 1.165) is 41.6 Å². The van der Waals surface area contributed by atoms with E-state index in [4.69, 9.17) is 10.2 Å². The van der Waals surface area contributed by atoms with E-state index >= 15 is 0 Å². The lowest BCUT2D eigenvalue weighted by Crippen LogP contribution is -2.34. The molecule has 2 heterocycles. The first-order valence-electron chi connectivity index (χ1n) is 8.54. The second kappa shape index (κ2) is 6.41. The quantitative estimate of drug-likeness (QED) is 0.906. The van der Waals surface area contributed by atoms with Crippen molar-refractivity contribution in [3.63, 3.8) is 0 Å². The van der Waals surface area contributed by atoms with Crippen LogP contribution in [0.3, 0.4) is 0 Å². The maximum absolute atomic E-state index is 12.7. The van der Waals surface area contributed by atoms with E-state index in [9.17, 15) is 4.79 Å². The Labute approximate surface area is 148 Å². The Morgan fingerprint density at radius 1 is 1.29 bits per heavy atom. The van der Waals surface area contributed by atoms with Gasteiger partial charge in [-0.1, -0.05) is 12.1 Å². The molecule has 1 saturated carbocycles. The lowest BCUT2D eigenvalue weighted by atomic mass is 9.98. The number of hydrogen-bond donors (Lipinski definition) is 1. The van der Waals surface area contributed by atoms with Crippen molar-refractivity contribution in [2.24, 2.45) is 17.6 Å². The summed E-state index contributed by atoms with van der Waals surface area (Å²) >= 11 is 0. The summed E-state index contributed by atoms with van der Waals surface area (Å²) < 4.78 is 5.73. The smallest absolute Gasteiger partial charge is 0.227 e. The Morgan fingerprint density at radius 2 is 2.08 bits per heavy atom. The molecule has 0 radical (unpaired) electrons. The molecule has 0 spiro atoms. The van der Waals surface area contributed by atoms with Gasteiger partial charge in [-0.05, 0) is 49.7 Å². The number of carbonyl (C=O) groups is 1. The fourth-order valence-electron chi connectivity index (χ4n) is 4.31. The van der Waals surface area contributed by atoms with Crippen LogP contribution >= 0.6 is 12.4 Å². The van der Waals surface area contributed by atoms with Crippen molar-refractivity contribution in [3.05, 3.63) is 35.1 Å². The molecule has 4 rings (SSSR count). The number of carbonyl (C=O) groups excluding carboxylic acids is 1. The first-order chi connectivity index (χ1) is 11.0. The Hall–Kier alpha value is -1.52. The summed E-state index contributed by atoms with van der Waals surface area (Å²) in [5, 5.41) is 1.07. The number of benzene rings is 1. The van der Waals surface area contributed by atoms with E-state index in [1.54, 1.807) is 6.26 Å². The molecule has 3 unspecified atom stereocenters. The molecular weight excluding hydrogens is 324 g/mol. The molecular formula is C19H25ClN2O2. The summed E-state index contributed by atoms with van der Waals surface area (Å²) in [6.45, 7) is 5.86. The third-order valence-electron chi connectivity index (χ3n) is 5.95. The predicted molar refractivity (Wildman–Crippen MR) is 97.4 cm³/mol. The summed E-state index contributed by atoms with van der Waals surface area (Å²) in [6, 6.07) is 4.44. The van der Waals surface area contributed by atoms with E-state index in [-0.39, 0.29) is 24.4 Å². The molecule has 1 aliphatic heterocycles. The highest BCUT2D eigenvalue weighted by Crippen LogP contribution is 2.37. The van der Waals surface area contributed by atoms with Crippen LogP contribution in [0.4, 0.5) is 0 Å². The van der Waals surface area contributed by atoms with Crippen molar-refractivity contribution in [1.82, 2.24) is 4.90 Å². The molecule has 3 atom stereocenters. The minimum Gasteiger partial charge on any atom is -0.464 e. The average molecular weight is 349 g/mol. The predicted octanol–water partition coefficient (Wildman–Crippen LogP) is 3.21. The van der Waals surface area contributed by atoms with Crippen LogP contribution in [0.15, 0.2) is 22.8 Å². The summed E-state index contributed by atoms with van der Waals surface area (Å²) in [4.78, 5) is 14.7. The number of fused-ring (bicyclic) bond motifs is 2. The van der Waals surface area contributed by atoms with Gasteiger partial charge in [-0.2, -0.15) is 0 Å². The first-order valence-corrected chi connectivity index (χ1v) is 8.54. The number of nitrogens with zero attached hydrogens (tertiary/aromatic N) is 1. The van der Waals surface area contributed by atoms with Crippen molar-refractivity contribution >= 4 is 29.3 Å². The number of nitrogens with two attached hydrogens (primary N) is 1. The van der Waals surface area contributed by atoms with Crippen LogP contribution < -0.4 is 5.73 Å². The van der Waals surface area contributed by atoms with Gasteiger partial charge >= 0.3 is 0 Å². The number of likely N-dealkylation sites (tertiary alicyclic amines) is 1. The summed E-state index contributed by atoms with van der Waals surface area (Å²) in [7, 11) is 0. The van der Waals surface area contributed by atoms with Gasteiger partial charge in [0.25, 0.3) is 0 Å². The van der Waals surface area contributed by atoms with Crippen molar-refractivity contribution in [1.29, 1.82) is 0 Å². The molecule has 24 heavy (non-hydrogen) atoms. The molecule has 2 fully saturated rings. The molecule has 2 aromatic rings. The summed E-state index contributed by atoms with van der Waals surface area (Å²) in [5.41, 5.74) is 10.4. The summed E-state index contributed by atoms with van der Waals surface area (Å²) in [6.07, 6.45) is 4.45. The van der Waals surface area contributed by atoms with E-state index < -0.39 is 0 Å². The largest absolute Gasteiger partial charge is 0.464 e. The van der Waals surface area contributed by atoms with Gasteiger partial charge in [-0.3, -0.25) is 4.79 Å². The van der Waals surface area contributed by atoms with Gasteiger partial charge in [0.2, 0.25) is 5.91 Å². The zero-order chi connectivity index (χ0) is 16.1. The highest BCUT2D eigenvalue weighted by atomic mass is 35.5. The SMILES string of the molecule is Cc1ccc2c(CC(=O)N3CC4CCC(N)C4C3)coc2c1C.Cl. The molecule has 5 heteroatoms. The molecule has 1 aliphatic carbocycles. The highest BCUT2D eigenvalue weighted by Gasteiger charge is 2.42. The molecule has 1 aromatic heterocycles. The van der Waals surface area contributed by atoms with Crippen LogP contribution in [-0.2, 0) is 11.2 Å². The number of hydrogen-bond acceptors (Lipinski definition) is 3. The highest BCUT2D eigenvalue weighted by molar-refractivity contribution is 5.89. The van der Waals surface area contributed by atoms with Gasteiger partial charge in [0, 0.05) is 30.1 Å². The van der Waals surface area contributed by atoms with Crippen LogP contribution in [0.2, 0.25) is 0 Å². The lowest BCUT2D eigenvalue weighted by molar-refractivity contribution is -0.129. The van der Waals surface area contributed by atoms with Crippen molar-refractivity contribution < 1.29 is 9.21 Å². The molecule has 1 aromatic carbocycles. The number of halogens is 1. The molecule has 1 amide bonds. The van der Waals surface area contributed by atoms with Crippen molar-refractivity contribution in [3.8, 4) is 0 Å². The van der Waals surface area contributed by atoms with E-state index in [2.05, 4.69) is 26.0 Å². The van der Waals surface area contributed by atoms with Gasteiger partial charge in [0.05, 0.1) is 12.7 Å². The second-order valence-electron chi connectivity index (χ2n) is 7.29. The van der Waals surface area contributed by atoms with Gasteiger partial charge in [-0.15, -0.1) is 12.4 Å². The lowest BCUT2D eigenvalue weighted by Gasteiger charge is -2.18. The Bertz CT molecular complexity index is 770. The standard InChI is InChI=1S/C19H24N2O2.ClH/c1-11-3-5-15-14(10-23-19(15)12(11)2)7-18(22)21-8-13-4-6-17(20)16(13)9-21;/h3,5,10,13,16-17H,4,6-9,20H2,1-2H3;1H. The number of rotatable bonds is 2. The number of furan rings is 1. The third-order valence-corrected chi connectivity index (χ3v) is 5.95. The van der Waals surface area contributed by atoms with Crippen molar-refractivity contribution in [2.75, 3.05) is 13.1 Å². The molecule has 2 aliphatic rings. The van der Waals surface area contributed by atoms with E-state index in [0.29, 0.717) is 18.3 Å². The van der Waals surface area contributed by atoms with Gasteiger partial charge < -0.3 is 15.1 Å². The van der Waals surface area contributed by atoms with E-state index in [1.165, 1.54) is 12.0 Å². The minimum absolute atomic E-state index is 0. The Balaban J connectivity index is 0.00000169. The van der Waals surface area contributed by atoms with Gasteiger partial charge in [-0.25, -0.2) is 0 Å². The molecule has 0 bridgehead atoms. The monoisotopic (exact) mass is 348 g/mol. The Morgan fingerprint density at radius 3 is 2.83 bits per heavy atom. The van der Waals surface area contributed by atoms with Crippen LogP contribution in [0, 0.1) is 25.7 Å². The average Bonchev–Trinajstić information content (AvgIpc) is 3.20. The van der Waals surface area contributed by atoms with Gasteiger partial charge in [0.15, 0.2) is 0 Å². The molecule has 4 nitrogen and oxygen atoms in total. The van der Waals surface area contributed by atoms with E-state index in [1.807, 2.05) is 4.90 Å². The maximum atomic E-state index is 12.7. The fourth-order valence-corrected chi connectivity index (χ4v) is 4.31. The number of amides is 1. The Kier molecular flexibility index (Phi) is 4.63. The van der Waals surface area contributed by atoms with Crippen LogP contribution in [0.1, 0.15) is 29.5 Å². The normalized spacial score (nSPS) is 25.8. The minimum atomic E-state index is 0. The fraction of sp³-hybridized carbons (Fsp3) is 0.526. The zero-order valence-corrected chi connectivity index (χ0v) is 15.1. The van der Waals surface area contributed by atoms with Crippen LogP contribution in [0.5, 0.6) is 0 Å².